The first-order chi connectivity index (χ1) is 12.2. The highest BCUT2D eigenvalue weighted by Crippen LogP contribution is 2.20. The average Bonchev–Trinajstić information content (AvgIpc) is 2.87. The molecule has 6 nitrogen and oxygen atoms in total. The first kappa shape index (κ1) is 17.9. The van der Waals surface area contributed by atoms with Crippen molar-refractivity contribution in [2.45, 2.75) is 32.2 Å². The number of nitrogens with zero attached hydrogens (tertiary/aromatic N) is 3. The second-order valence-corrected chi connectivity index (χ2v) is 7.21. The minimum atomic E-state index is -0.0229. The van der Waals surface area contributed by atoms with Crippen LogP contribution in [0.1, 0.15) is 36.8 Å². The van der Waals surface area contributed by atoms with E-state index in [1.165, 1.54) is 43.0 Å². The van der Waals surface area contributed by atoms with E-state index in [-0.39, 0.29) is 5.91 Å². The summed E-state index contributed by atoms with van der Waals surface area (Å²) in [5.41, 5.74) is 2.22. The molecule has 2 saturated heterocycles. The monoisotopic (exact) mass is 360 g/mol. The lowest BCUT2D eigenvalue weighted by atomic mass is 10.1. The Bertz CT molecular complexity index is 667. The molecule has 0 spiro atoms. The van der Waals surface area contributed by atoms with Crippen LogP contribution in [0.2, 0.25) is 0 Å². The molecule has 2 aliphatic rings. The Labute approximate surface area is 152 Å². The standard InChI is InChI=1S/C18H24N4O2S/c1-24-16-7-6-14(11-19-21-18-20-17(23)13-25-18)15(10-16)12-22-8-4-2-3-5-9-22/h6-7,10-11H,2-5,8-9,12-13H2,1H3,(H,20,21,23). The van der Waals surface area contributed by atoms with Gasteiger partial charge in [-0.25, -0.2) is 0 Å². The molecular weight excluding hydrogens is 336 g/mol. The van der Waals surface area contributed by atoms with Gasteiger partial charge in [0, 0.05) is 6.54 Å². The summed E-state index contributed by atoms with van der Waals surface area (Å²) < 4.78 is 5.38. The van der Waals surface area contributed by atoms with Crippen LogP contribution in [0.4, 0.5) is 0 Å². The number of hydrogen-bond acceptors (Lipinski definition) is 6. The fourth-order valence-corrected chi connectivity index (χ4v) is 3.66. The number of carbonyl (C=O) groups is 1. The van der Waals surface area contributed by atoms with Gasteiger partial charge in [-0.15, -0.1) is 5.10 Å². The van der Waals surface area contributed by atoms with Gasteiger partial charge in [-0.1, -0.05) is 24.6 Å². The van der Waals surface area contributed by atoms with Crippen molar-refractivity contribution in [3.8, 4) is 5.75 Å². The molecule has 1 aromatic carbocycles. The molecule has 3 rings (SSSR count). The second kappa shape index (κ2) is 9.01. The molecule has 2 aliphatic heterocycles. The van der Waals surface area contributed by atoms with Gasteiger partial charge in [0.1, 0.15) is 5.75 Å². The van der Waals surface area contributed by atoms with Crippen molar-refractivity contribution in [3.05, 3.63) is 29.3 Å². The van der Waals surface area contributed by atoms with Gasteiger partial charge in [0.25, 0.3) is 0 Å². The zero-order valence-corrected chi connectivity index (χ0v) is 15.3. The van der Waals surface area contributed by atoms with Gasteiger partial charge in [0.2, 0.25) is 5.91 Å². The van der Waals surface area contributed by atoms with Gasteiger partial charge >= 0.3 is 0 Å². The van der Waals surface area contributed by atoms with Gasteiger partial charge in [0.05, 0.1) is 19.1 Å². The molecule has 2 heterocycles. The number of thioether (sulfide) groups is 1. The van der Waals surface area contributed by atoms with E-state index in [0.717, 1.165) is 30.9 Å². The van der Waals surface area contributed by atoms with Crippen LogP contribution in [0.25, 0.3) is 0 Å². The maximum Gasteiger partial charge on any atom is 0.236 e. The predicted octanol–water partition coefficient (Wildman–Crippen LogP) is 2.62. The molecule has 1 amide bonds. The van der Waals surface area contributed by atoms with Gasteiger partial charge in [-0.3, -0.25) is 9.69 Å². The number of methoxy groups -OCH3 is 1. The first-order valence-corrected chi connectivity index (χ1v) is 9.66. The number of nitrogens with one attached hydrogen (secondary N) is 1. The number of amides is 1. The van der Waals surface area contributed by atoms with Crippen LogP contribution in [-0.4, -0.2) is 48.1 Å². The molecule has 134 valence electrons. The van der Waals surface area contributed by atoms with E-state index >= 15 is 0 Å². The fourth-order valence-electron chi connectivity index (χ4n) is 3.03. The van der Waals surface area contributed by atoms with Gasteiger partial charge < -0.3 is 10.1 Å². The summed E-state index contributed by atoms with van der Waals surface area (Å²) in [6, 6.07) is 6.02. The van der Waals surface area contributed by atoms with E-state index in [1.807, 2.05) is 12.1 Å². The minimum Gasteiger partial charge on any atom is -0.497 e. The van der Waals surface area contributed by atoms with Crippen molar-refractivity contribution < 1.29 is 9.53 Å². The molecule has 2 fully saturated rings. The number of carbonyl (C=O) groups excluding carboxylic acids is 1. The van der Waals surface area contributed by atoms with E-state index in [2.05, 4.69) is 26.5 Å². The number of ether oxygens (including phenoxy) is 1. The quantitative estimate of drug-likeness (QED) is 0.647. The Kier molecular flexibility index (Phi) is 6.47. The van der Waals surface area contributed by atoms with Crippen molar-refractivity contribution in [1.29, 1.82) is 0 Å². The zero-order chi connectivity index (χ0) is 17.5. The number of amidine groups is 1. The number of hydrogen-bond donors (Lipinski definition) is 1. The fraction of sp³-hybridized carbons (Fsp3) is 0.500. The molecule has 0 aromatic heterocycles. The van der Waals surface area contributed by atoms with Crippen LogP contribution in [0.5, 0.6) is 5.75 Å². The highest BCUT2D eigenvalue weighted by Gasteiger charge is 2.16. The van der Waals surface area contributed by atoms with Crippen LogP contribution in [0, 0.1) is 0 Å². The summed E-state index contributed by atoms with van der Waals surface area (Å²) in [6.45, 7) is 3.16. The van der Waals surface area contributed by atoms with Crippen LogP contribution in [0.15, 0.2) is 28.4 Å². The van der Waals surface area contributed by atoms with Crippen molar-refractivity contribution >= 4 is 29.1 Å². The Morgan fingerprint density at radius 1 is 1.28 bits per heavy atom. The first-order valence-electron chi connectivity index (χ1n) is 8.67. The molecule has 0 bridgehead atoms. The third-order valence-electron chi connectivity index (χ3n) is 4.37. The molecule has 1 N–H and O–H groups in total. The summed E-state index contributed by atoms with van der Waals surface area (Å²) in [4.78, 5) is 13.7. The van der Waals surface area contributed by atoms with Gasteiger partial charge in [-0.05, 0) is 55.3 Å². The minimum absolute atomic E-state index is 0.0229. The van der Waals surface area contributed by atoms with Crippen molar-refractivity contribution in [2.75, 3.05) is 26.0 Å². The maximum absolute atomic E-state index is 11.2. The Morgan fingerprint density at radius 3 is 2.76 bits per heavy atom. The van der Waals surface area contributed by atoms with E-state index in [0.29, 0.717) is 10.9 Å². The van der Waals surface area contributed by atoms with Crippen molar-refractivity contribution in [2.24, 2.45) is 10.2 Å². The van der Waals surface area contributed by atoms with E-state index in [9.17, 15) is 4.79 Å². The van der Waals surface area contributed by atoms with Crippen LogP contribution >= 0.6 is 11.8 Å². The molecule has 0 unspecified atom stereocenters. The molecule has 25 heavy (non-hydrogen) atoms. The summed E-state index contributed by atoms with van der Waals surface area (Å²) in [5.74, 6) is 1.24. The van der Waals surface area contributed by atoms with E-state index in [1.54, 1.807) is 13.3 Å². The maximum atomic E-state index is 11.2. The number of benzene rings is 1. The van der Waals surface area contributed by atoms with Crippen LogP contribution in [0.3, 0.4) is 0 Å². The van der Waals surface area contributed by atoms with Crippen LogP contribution in [-0.2, 0) is 11.3 Å². The lowest BCUT2D eigenvalue weighted by molar-refractivity contribution is -0.116. The lowest BCUT2D eigenvalue weighted by Crippen LogP contribution is -2.24. The van der Waals surface area contributed by atoms with Crippen molar-refractivity contribution in [3.63, 3.8) is 0 Å². The smallest absolute Gasteiger partial charge is 0.236 e. The Morgan fingerprint density at radius 2 is 2.08 bits per heavy atom. The summed E-state index contributed by atoms with van der Waals surface area (Å²) in [5, 5.41) is 11.5. The third-order valence-corrected chi connectivity index (χ3v) is 5.24. The number of likely N-dealkylation sites (tertiary alicyclic amines) is 1. The third kappa shape index (κ3) is 5.31. The normalized spacial score (nSPS) is 20.8. The van der Waals surface area contributed by atoms with Crippen LogP contribution < -0.4 is 10.1 Å². The Hall–Kier alpha value is -1.86. The van der Waals surface area contributed by atoms with Gasteiger partial charge in [0.15, 0.2) is 5.17 Å². The molecule has 0 aliphatic carbocycles. The molecule has 0 atom stereocenters. The second-order valence-electron chi connectivity index (χ2n) is 6.24. The highest BCUT2D eigenvalue weighted by molar-refractivity contribution is 8.15. The highest BCUT2D eigenvalue weighted by atomic mass is 32.2. The number of rotatable bonds is 5. The SMILES string of the molecule is COc1ccc(C=NN=C2NC(=O)CS2)c(CN2CCCCCC2)c1. The average molecular weight is 360 g/mol. The predicted molar refractivity (Wildman–Crippen MR) is 102 cm³/mol. The summed E-state index contributed by atoms with van der Waals surface area (Å²) >= 11 is 1.37. The summed E-state index contributed by atoms with van der Waals surface area (Å²) in [7, 11) is 1.69. The molecule has 7 heteroatoms. The molecular formula is C18H24N4O2S. The van der Waals surface area contributed by atoms with E-state index in [4.69, 9.17) is 4.74 Å². The zero-order valence-electron chi connectivity index (χ0n) is 14.5. The largest absolute Gasteiger partial charge is 0.497 e. The summed E-state index contributed by atoms with van der Waals surface area (Å²) in [6.07, 6.45) is 6.92. The van der Waals surface area contributed by atoms with E-state index < -0.39 is 0 Å². The van der Waals surface area contributed by atoms with Crippen molar-refractivity contribution in [1.82, 2.24) is 10.2 Å². The molecule has 0 saturated carbocycles. The molecule has 1 aromatic rings. The topological polar surface area (TPSA) is 66.3 Å². The lowest BCUT2D eigenvalue weighted by Gasteiger charge is -2.21. The molecule has 0 radical (unpaired) electrons. The van der Waals surface area contributed by atoms with Gasteiger partial charge in [-0.2, -0.15) is 5.10 Å². The Balaban J connectivity index is 1.74.